The summed E-state index contributed by atoms with van der Waals surface area (Å²) in [7, 11) is 0. The van der Waals surface area contributed by atoms with Gasteiger partial charge in [-0.25, -0.2) is 9.78 Å². The highest BCUT2D eigenvalue weighted by Crippen LogP contribution is 2.33. The Labute approximate surface area is 172 Å². The Morgan fingerprint density at radius 2 is 2.00 bits per heavy atom. The van der Waals surface area contributed by atoms with Crippen molar-refractivity contribution >= 4 is 55.0 Å². The highest BCUT2D eigenvalue weighted by Gasteiger charge is 2.20. The highest BCUT2D eigenvalue weighted by atomic mass is 79.9. The molecule has 0 spiro atoms. The number of nitrogens with zero attached hydrogens (tertiary/aromatic N) is 1. The average Bonchev–Trinajstić information content (AvgIpc) is 3.10. The topological polar surface area (TPSA) is 138 Å². The van der Waals surface area contributed by atoms with Crippen molar-refractivity contribution < 1.29 is 24.2 Å². The Kier molecular flexibility index (Phi) is 6.12. The summed E-state index contributed by atoms with van der Waals surface area (Å²) >= 11 is 4.66. The minimum absolute atomic E-state index is 0.181. The highest BCUT2D eigenvalue weighted by molar-refractivity contribution is 9.10. The standard InChI is InChI=1S/C18H16BrN3O5S/c19-10-1-3-11(4-2-10)26-6-9-8-28-15-12(5-22-16(20)14(9)15)18(25)27-7-13(23)17(21)24/h1-5,8,13,23H,6-7H2,(H2,20,22)(H2,21,24). The van der Waals surface area contributed by atoms with Crippen LogP contribution < -0.4 is 16.2 Å². The third-order valence-electron chi connectivity index (χ3n) is 3.83. The van der Waals surface area contributed by atoms with Crippen molar-refractivity contribution in [3.63, 3.8) is 0 Å². The van der Waals surface area contributed by atoms with Crippen LogP contribution in [0.5, 0.6) is 5.75 Å². The lowest BCUT2D eigenvalue weighted by Gasteiger charge is -2.10. The number of amides is 1. The largest absolute Gasteiger partial charge is 0.489 e. The maximum atomic E-state index is 12.3. The van der Waals surface area contributed by atoms with Gasteiger partial charge < -0.3 is 26.0 Å². The number of primary amides is 1. The fourth-order valence-corrected chi connectivity index (χ4v) is 3.71. The number of halogens is 1. The summed E-state index contributed by atoms with van der Waals surface area (Å²) in [5.74, 6) is -0.763. The minimum Gasteiger partial charge on any atom is -0.489 e. The van der Waals surface area contributed by atoms with Crippen molar-refractivity contribution in [3.05, 3.63) is 51.4 Å². The molecule has 146 valence electrons. The number of aliphatic hydroxyl groups is 1. The molecular weight excluding hydrogens is 450 g/mol. The molecule has 1 unspecified atom stereocenters. The molecule has 8 nitrogen and oxygen atoms in total. The predicted octanol–water partition coefficient (Wildman–Crippen LogP) is 2.22. The first-order chi connectivity index (χ1) is 13.4. The SMILES string of the molecule is NC(=O)C(O)COC(=O)c1cnc(N)c2c(COc3ccc(Br)cc3)csc12. The summed E-state index contributed by atoms with van der Waals surface area (Å²) in [6.07, 6.45) is -0.272. The summed E-state index contributed by atoms with van der Waals surface area (Å²) in [4.78, 5) is 27.2. The van der Waals surface area contributed by atoms with Crippen LogP contribution >= 0.6 is 27.3 Å². The number of pyridine rings is 1. The van der Waals surface area contributed by atoms with Crippen LogP contribution in [0.1, 0.15) is 15.9 Å². The number of benzene rings is 1. The first-order valence-electron chi connectivity index (χ1n) is 8.04. The monoisotopic (exact) mass is 465 g/mol. The van der Waals surface area contributed by atoms with E-state index in [9.17, 15) is 14.7 Å². The van der Waals surface area contributed by atoms with E-state index in [2.05, 4.69) is 20.9 Å². The van der Waals surface area contributed by atoms with Gasteiger partial charge in [-0.05, 0) is 29.6 Å². The third-order valence-corrected chi connectivity index (χ3v) is 5.42. The van der Waals surface area contributed by atoms with Crippen molar-refractivity contribution in [1.29, 1.82) is 0 Å². The van der Waals surface area contributed by atoms with Crippen LogP contribution in [0.2, 0.25) is 0 Å². The van der Waals surface area contributed by atoms with E-state index in [1.54, 1.807) is 0 Å². The number of fused-ring (bicyclic) bond motifs is 1. The maximum Gasteiger partial charge on any atom is 0.341 e. The zero-order chi connectivity index (χ0) is 20.3. The zero-order valence-corrected chi connectivity index (χ0v) is 16.8. The van der Waals surface area contributed by atoms with Crippen molar-refractivity contribution in [1.82, 2.24) is 4.98 Å². The molecule has 5 N–H and O–H groups in total. The summed E-state index contributed by atoms with van der Waals surface area (Å²) in [6, 6.07) is 7.39. The van der Waals surface area contributed by atoms with E-state index < -0.39 is 24.6 Å². The number of nitrogen functional groups attached to an aromatic ring is 1. The van der Waals surface area contributed by atoms with Crippen LogP contribution in [0.3, 0.4) is 0 Å². The van der Waals surface area contributed by atoms with Crippen molar-refractivity contribution in [3.8, 4) is 5.75 Å². The molecule has 0 aliphatic carbocycles. The molecule has 0 fully saturated rings. The molecule has 1 amide bonds. The van der Waals surface area contributed by atoms with Crippen molar-refractivity contribution in [2.75, 3.05) is 12.3 Å². The summed E-state index contributed by atoms with van der Waals surface area (Å²) < 4.78 is 12.3. The van der Waals surface area contributed by atoms with Gasteiger partial charge in [-0.3, -0.25) is 4.79 Å². The number of anilines is 1. The number of ether oxygens (including phenoxy) is 2. The Balaban J connectivity index is 1.81. The number of nitrogens with two attached hydrogens (primary N) is 2. The van der Waals surface area contributed by atoms with E-state index in [-0.39, 0.29) is 18.0 Å². The molecule has 0 aliphatic heterocycles. The Hall–Kier alpha value is -2.69. The van der Waals surface area contributed by atoms with Gasteiger partial charge in [-0.15, -0.1) is 11.3 Å². The molecule has 2 heterocycles. The molecule has 0 bridgehead atoms. The van der Waals surface area contributed by atoms with E-state index >= 15 is 0 Å². The molecule has 3 rings (SSSR count). The molecule has 2 aromatic heterocycles. The first-order valence-corrected chi connectivity index (χ1v) is 9.71. The van der Waals surface area contributed by atoms with Gasteiger partial charge in [0.05, 0.1) is 10.3 Å². The van der Waals surface area contributed by atoms with E-state index in [4.69, 9.17) is 20.9 Å². The molecular formula is C18H16BrN3O5S. The zero-order valence-electron chi connectivity index (χ0n) is 14.4. The van der Waals surface area contributed by atoms with Gasteiger partial charge in [0.1, 0.15) is 24.8 Å². The molecule has 0 aliphatic rings. The van der Waals surface area contributed by atoms with Gasteiger partial charge in [0.2, 0.25) is 5.91 Å². The lowest BCUT2D eigenvalue weighted by molar-refractivity contribution is -0.127. The second-order valence-corrected chi connectivity index (χ2v) is 7.58. The van der Waals surface area contributed by atoms with Crippen LogP contribution in [0.25, 0.3) is 10.1 Å². The lowest BCUT2D eigenvalue weighted by atomic mass is 10.1. The van der Waals surface area contributed by atoms with Gasteiger partial charge in [0.25, 0.3) is 0 Å². The predicted molar refractivity (Wildman–Crippen MR) is 108 cm³/mol. The molecule has 10 heteroatoms. The van der Waals surface area contributed by atoms with E-state index in [0.29, 0.717) is 15.8 Å². The third kappa shape index (κ3) is 4.41. The summed E-state index contributed by atoms with van der Waals surface area (Å²) in [6.45, 7) is -0.294. The summed E-state index contributed by atoms with van der Waals surface area (Å²) in [5.41, 5.74) is 11.9. The average molecular weight is 466 g/mol. The Bertz CT molecular complexity index is 1020. The molecule has 0 saturated heterocycles. The smallest absolute Gasteiger partial charge is 0.341 e. The molecule has 28 heavy (non-hydrogen) atoms. The number of carbonyl (C=O) groups excluding carboxylic acids is 2. The Morgan fingerprint density at radius 3 is 2.68 bits per heavy atom. The molecule has 0 saturated carbocycles. The molecule has 3 aromatic rings. The normalized spacial score (nSPS) is 11.9. The fourth-order valence-electron chi connectivity index (χ4n) is 2.39. The fraction of sp³-hybridized carbons (Fsp3) is 0.167. The number of aromatic nitrogens is 1. The molecule has 1 aromatic carbocycles. The van der Waals surface area contributed by atoms with Crippen LogP contribution in [0.4, 0.5) is 5.82 Å². The quantitative estimate of drug-likeness (QED) is 0.454. The number of thiophene rings is 1. The second-order valence-electron chi connectivity index (χ2n) is 5.78. The van der Waals surface area contributed by atoms with E-state index in [1.165, 1.54) is 17.5 Å². The number of carbonyl (C=O) groups is 2. The summed E-state index contributed by atoms with van der Waals surface area (Å²) in [5, 5.41) is 11.8. The van der Waals surface area contributed by atoms with Gasteiger partial charge in [0, 0.05) is 21.6 Å². The number of aliphatic hydroxyl groups excluding tert-OH is 1. The molecule has 1 atom stereocenters. The van der Waals surface area contributed by atoms with Crippen LogP contribution in [-0.2, 0) is 16.1 Å². The number of esters is 1. The number of hydrogen-bond donors (Lipinski definition) is 3. The van der Waals surface area contributed by atoms with E-state index in [0.717, 1.165) is 10.0 Å². The van der Waals surface area contributed by atoms with Gasteiger partial charge in [0.15, 0.2) is 6.10 Å². The van der Waals surface area contributed by atoms with Crippen LogP contribution in [0.15, 0.2) is 40.3 Å². The van der Waals surface area contributed by atoms with Crippen molar-refractivity contribution in [2.24, 2.45) is 5.73 Å². The molecule has 0 radical (unpaired) electrons. The van der Waals surface area contributed by atoms with Crippen molar-refractivity contribution in [2.45, 2.75) is 12.7 Å². The second kappa shape index (κ2) is 8.55. The van der Waals surface area contributed by atoms with Crippen LogP contribution in [-0.4, -0.2) is 34.7 Å². The van der Waals surface area contributed by atoms with Crippen LogP contribution in [0, 0.1) is 0 Å². The van der Waals surface area contributed by atoms with Gasteiger partial charge in [-0.2, -0.15) is 0 Å². The Morgan fingerprint density at radius 1 is 1.29 bits per heavy atom. The number of rotatable bonds is 7. The number of hydrogen-bond acceptors (Lipinski definition) is 8. The first kappa shape index (κ1) is 20.1. The maximum absolute atomic E-state index is 12.3. The lowest BCUT2D eigenvalue weighted by Crippen LogP contribution is -2.33. The van der Waals surface area contributed by atoms with Gasteiger partial charge >= 0.3 is 5.97 Å². The minimum atomic E-state index is -1.57. The van der Waals surface area contributed by atoms with E-state index in [1.807, 2.05) is 29.6 Å². The van der Waals surface area contributed by atoms with Gasteiger partial charge in [-0.1, -0.05) is 15.9 Å².